The van der Waals surface area contributed by atoms with Crippen molar-refractivity contribution in [1.82, 2.24) is 0 Å². The van der Waals surface area contributed by atoms with Crippen LogP contribution in [0.15, 0.2) is 42.0 Å². The van der Waals surface area contributed by atoms with Crippen molar-refractivity contribution in [2.75, 3.05) is 19.6 Å². The lowest BCUT2D eigenvalue weighted by Crippen LogP contribution is -3.13. The molecule has 1 aromatic carbocycles. The van der Waals surface area contributed by atoms with E-state index in [-0.39, 0.29) is 29.3 Å². The van der Waals surface area contributed by atoms with Gasteiger partial charge >= 0.3 is 5.97 Å². The minimum Gasteiger partial charge on any atom is -0.461 e. The number of quaternary nitrogens is 1. The number of hydrogen-bond donors (Lipinski definition) is 1. The summed E-state index contributed by atoms with van der Waals surface area (Å²) in [6, 6.07) is 8.13. The Labute approximate surface area is 185 Å². The van der Waals surface area contributed by atoms with Gasteiger partial charge in [-0.25, -0.2) is 0 Å². The highest BCUT2D eigenvalue weighted by molar-refractivity contribution is 6.30. The van der Waals surface area contributed by atoms with E-state index in [1.165, 1.54) is 35.3 Å². The fourth-order valence-corrected chi connectivity index (χ4v) is 6.61. The number of hydrogen-bond acceptors (Lipinski definition) is 2. The first kappa shape index (κ1) is 20.3. The molecule has 5 rings (SSSR count). The van der Waals surface area contributed by atoms with E-state index in [1.54, 1.807) is 5.57 Å². The Balaban J connectivity index is 1.30. The Morgan fingerprint density at radius 1 is 1.27 bits per heavy atom. The SMILES string of the molecule is C[C@H]1CCC[C@]2(C)C[C@H]3OC(=O)[C@H](C[NH+]4CC=C(c5ccc(Cl)cc5)CC4)[C@H]3C=C12. The number of fused-ring (bicyclic) bond motifs is 2. The molecule has 2 aliphatic carbocycles. The lowest BCUT2D eigenvalue weighted by Gasteiger charge is -2.46. The first-order chi connectivity index (χ1) is 14.4. The van der Waals surface area contributed by atoms with Crippen molar-refractivity contribution in [3.05, 3.63) is 52.6 Å². The molecule has 2 fully saturated rings. The van der Waals surface area contributed by atoms with Crippen molar-refractivity contribution in [3.8, 4) is 0 Å². The molecule has 160 valence electrons. The van der Waals surface area contributed by atoms with E-state index in [4.69, 9.17) is 16.3 Å². The molecular weight excluding hydrogens is 394 g/mol. The van der Waals surface area contributed by atoms with Gasteiger partial charge in [-0.3, -0.25) is 4.79 Å². The number of ether oxygens (including phenoxy) is 1. The number of carbonyl (C=O) groups excluding carboxylic acids is 1. The lowest BCUT2D eigenvalue weighted by atomic mass is 9.59. The summed E-state index contributed by atoms with van der Waals surface area (Å²) >= 11 is 6.03. The van der Waals surface area contributed by atoms with Gasteiger partial charge in [0.1, 0.15) is 12.0 Å². The molecule has 0 bridgehead atoms. The largest absolute Gasteiger partial charge is 0.461 e. The molecule has 2 aliphatic heterocycles. The van der Waals surface area contributed by atoms with Gasteiger partial charge in [0.25, 0.3) is 0 Å². The second-order valence-electron chi connectivity index (χ2n) is 10.2. The van der Waals surface area contributed by atoms with Crippen molar-refractivity contribution < 1.29 is 14.4 Å². The number of allylic oxidation sites excluding steroid dienone is 1. The lowest BCUT2D eigenvalue weighted by molar-refractivity contribution is -0.897. The predicted octanol–water partition coefficient (Wildman–Crippen LogP) is 4.33. The van der Waals surface area contributed by atoms with Gasteiger partial charge in [-0.2, -0.15) is 0 Å². The Morgan fingerprint density at radius 2 is 2.07 bits per heavy atom. The first-order valence-corrected chi connectivity index (χ1v) is 12.0. The second-order valence-corrected chi connectivity index (χ2v) is 10.7. The van der Waals surface area contributed by atoms with Crippen LogP contribution in [0.3, 0.4) is 0 Å². The van der Waals surface area contributed by atoms with Crippen molar-refractivity contribution in [3.63, 3.8) is 0 Å². The third kappa shape index (κ3) is 3.65. The number of esters is 1. The van der Waals surface area contributed by atoms with Gasteiger partial charge in [-0.05, 0) is 59.9 Å². The monoisotopic (exact) mass is 426 g/mol. The number of carbonyl (C=O) groups is 1. The first-order valence-electron chi connectivity index (χ1n) is 11.6. The Morgan fingerprint density at radius 3 is 2.80 bits per heavy atom. The summed E-state index contributed by atoms with van der Waals surface area (Å²) < 4.78 is 5.95. The zero-order valence-corrected chi connectivity index (χ0v) is 18.9. The van der Waals surface area contributed by atoms with E-state index >= 15 is 0 Å². The van der Waals surface area contributed by atoms with Crippen LogP contribution in [0.2, 0.25) is 5.02 Å². The van der Waals surface area contributed by atoms with E-state index in [0.717, 1.165) is 37.5 Å². The van der Waals surface area contributed by atoms with Crippen molar-refractivity contribution in [2.45, 2.75) is 52.1 Å². The summed E-state index contributed by atoms with van der Waals surface area (Å²) in [6.45, 7) is 7.70. The number of rotatable bonds is 3. The Hall–Kier alpha value is -1.58. The highest BCUT2D eigenvalue weighted by Crippen LogP contribution is 2.53. The molecule has 0 spiro atoms. The number of benzene rings is 1. The van der Waals surface area contributed by atoms with Gasteiger partial charge in [0.05, 0.1) is 19.6 Å². The van der Waals surface area contributed by atoms with E-state index in [0.29, 0.717) is 5.92 Å². The predicted molar refractivity (Wildman–Crippen MR) is 120 cm³/mol. The Bertz CT molecular complexity index is 889. The standard InChI is InChI=1S/C26H32ClNO2/c1-17-4-3-11-26(2)15-24-21(14-23(17)26)22(25(29)30-24)16-28-12-9-19(10-13-28)18-5-7-20(27)8-6-18/h5-9,14,17,21-22,24H,3-4,10-13,15-16H2,1-2H3/p+1/t17-,21+,22+,24+,26+/m0/s1. The molecule has 1 aromatic rings. The number of halogens is 1. The van der Waals surface area contributed by atoms with Crippen molar-refractivity contribution in [2.24, 2.45) is 23.2 Å². The van der Waals surface area contributed by atoms with Gasteiger partial charge < -0.3 is 9.64 Å². The van der Waals surface area contributed by atoms with Gasteiger partial charge in [0.2, 0.25) is 0 Å². The second kappa shape index (κ2) is 7.84. The highest BCUT2D eigenvalue weighted by Gasteiger charge is 2.52. The highest BCUT2D eigenvalue weighted by atomic mass is 35.5. The minimum atomic E-state index is 0.0154. The topological polar surface area (TPSA) is 30.7 Å². The van der Waals surface area contributed by atoms with Crippen molar-refractivity contribution >= 4 is 23.1 Å². The smallest absolute Gasteiger partial charge is 0.315 e. The summed E-state index contributed by atoms with van der Waals surface area (Å²) in [5.41, 5.74) is 4.51. The molecule has 0 amide bonds. The molecule has 0 aromatic heterocycles. The maximum Gasteiger partial charge on any atom is 0.315 e. The third-order valence-corrected chi connectivity index (χ3v) is 8.44. The molecule has 1 saturated heterocycles. The van der Waals surface area contributed by atoms with Crippen molar-refractivity contribution in [1.29, 1.82) is 0 Å². The molecule has 1 unspecified atom stereocenters. The molecule has 1 N–H and O–H groups in total. The van der Waals surface area contributed by atoms with Crippen LogP contribution in [0, 0.1) is 23.2 Å². The van der Waals surface area contributed by atoms with Gasteiger partial charge in [0, 0.05) is 17.4 Å². The number of nitrogens with one attached hydrogen (secondary N) is 1. The summed E-state index contributed by atoms with van der Waals surface area (Å²) in [5.74, 6) is 0.974. The van der Waals surface area contributed by atoms with Gasteiger partial charge in [0.15, 0.2) is 0 Å². The zero-order chi connectivity index (χ0) is 20.9. The molecule has 4 heteroatoms. The van der Waals surface area contributed by atoms with Crippen LogP contribution < -0.4 is 4.90 Å². The van der Waals surface area contributed by atoms with Crippen LogP contribution in [0.4, 0.5) is 0 Å². The Kier molecular flexibility index (Phi) is 5.31. The van der Waals surface area contributed by atoms with E-state index < -0.39 is 0 Å². The molecule has 1 saturated carbocycles. The molecule has 4 aliphatic rings. The maximum atomic E-state index is 12.8. The minimum absolute atomic E-state index is 0.0154. The molecule has 30 heavy (non-hydrogen) atoms. The summed E-state index contributed by atoms with van der Waals surface area (Å²) in [6.07, 6.45) is 10.8. The summed E-state index contributed by atoms with van der Waals surface area (Å²) in [7, 11) is 0. The van der Waals surface area contributed by atoms with E-state index in [1.807, 2.05) is 12.1 Å². The molecule has 2 heterocycles. The van der Waals surface area contributed by atoms with Gasteiger partial charge in [-0.1, -0.05) is 55.7 Å². The normalized spacial score (nSPS) is 38.2. The van der Waals surface area contributed by atoms with Crippen LogP contribution in [0.1, 0.15) is 51.5 Å². The quantitative estimate of drug-likeness (QED) is 0.576. The van der Waals surface area contributed by atoms with Crippen LogP contribution >= 0.6 is 11.6 Å². The summed E-state index contributed by atoms with van der Waals surface area (Å²) in [5, 5.41) is 0.779. The fourth-order valence-electron chi connectivity index (χ4n) is 6.49. The fraction of sp³-hybridized carbons (Fsp3) is 0.577. The molecule has 3 nitrogen and oxygen atoms in total. The van der Waals surface area contributed by atoms with Crippen LogP contribution in [-0.4, -0.2) is 31.7 Å². The van der Waals surface area contributed by atoms with Crippen LogP contribution in [-0.2, 0) is 9.53 Å². The van der Waals surface area contributed by atoms with E-state index in [9.17, 15) is 4.79 Å². The van der Waals surface area contributed by atoms with E-state index in [2.05, 4.69) is 38.1 Å². The zero-order valence-electron chi connectivity index (χ0n) is 18.1. The summed E-state index contributed by atoms with van der Waals surface area (Å²) in [4.78, 5) is 14.3. The third-order valence-electron chi connectivity index (χ3n) is 8.19. The molecular formula is C26H33ClNO2+. The molecule has 6 atom stereocenters. The molecule has 0 radical (unpaired) electrons. The average Bonchev–Trinajstić information content (AvgIpc) is 3.01. The van der Waals surface area contributed by atoms with Crippen LogP contribution in [0.5, 0.6) is 0 Å². The average molecular weight is 427 g/mol. The maximum absolute atomic E-state index is 12.8. The van der Waals surface area contributed by atoms with Gasteiger partial charge in [-0.15, -0.1) is 0 Å². The van der Waals surface area contributed by atoms with Crippen LogP contribution in [0.25, 0.3) is 5.57 Å².